The molecule has 6 nitrogen and oxygen atoms in total. The van der Waals surface area contributed by atoms with E-state index in [0.29, 0.717) is 12.6 Å². The molecule has 112 valence electrons. The lowest BCUT2D eigenvalue weighted by Gasteiger charge is -2.21. The van der Waals surface area contributed by atoms with Crippen LogP contribution in [0.2, 0.25) is 0 Å². The highest BCUT2D eigenvalue weighted by Crippen LogP contribution is 2.13. The lowest BCUT2D eigenvalue weighted by Crippen LogP contribution is -2.44. The van der Waals surface area contributed by atoms with Crippen LogP contribution in [0.3, 0.4) is 0 Å². The Morgan fingerprint density at radius 2 is 2.30 bits per heavy atom. The van der Waals surface area contributed by atoms with Crippen LogP contribution in [0.5, 0.6) is 0 Å². The second-order valence-electron chi connectivity index (χ2n) is 5.30. The minimum absolute atomic E-state index is 0.621. The number of guanidine groups is 1. The summed E-state index contributed by atoms with van der Waals surface area (Å²) in [7, 11) is 4.14. The summed E-state index contributed by atoms with van der Waals surface area (Å²) in [6.45, 7) is 5.76. The van der Waals surface area contributed by atoms with Crippen molar-refractivity contribution in [1.29, 1.82) is 0 Å². The van der Waals surface area contributed by atoms with Crippen molar-refractivity contribution in [1.82, 2.24) is 25.3 Å². The van der Waals surface area contributed by atoms with E-state index in [9.17, 15) is 0 Å². The fourth-order valence-electron chi connectivity index (χ4n) is 2.51. The van der Waals surface area contributed by atoms with Crippen LogP contribution in [-0.2, 0) is 13.6 Å². The molecule has 0 amide bonds. The molecule has 0 bridgehead atoms. The SMILES string of the molecule is CCNC(=NCc1ccnn1C)NCC1CCCN1C. The summed E-state index contributed by atoms with van der Waals surface area (Å²) in [5, 5.41) is 10.9. The van der Waals surface area contributed by atoms with Crippen LogP contribution in [-0.4, -0.2) is 53.4 Å². The van der Waals surface area contributed by atoms with Crippen molar-refractivity contribution >= 4 is 5.96 Å². The molecule has 0 saturated carbocycles. The van der Waals surface area contributed by atoms with E-state index in [-0.39, 0.29) is 0 Å². The predicted molar refractivity (Wildman–Crippen MR) is 81.7 cm³/mol. The summed E-state index contributed by atoms with van der Waals surface area (Å²) in [5.41, 5.74) is 1.11. The third kappa shape index (κ3) is 3.96. The number of aromatic nitrogens is 2. The number of likely N-dealkylation sites (tertiary alicyclic amines) is 1. The van der Waals surface area contributed by atoms with E-state index in [4.69, 9.17) is 0 Å². The van der Waals surface area contributed by atoms with Gasteiger partial charge < -0.3 is 15.5 Å². The first-order valence-corrected chi connectivity index (χ1v) is 7.40. The van der Waals surface area contributed by atoms with Crippen molar-refractivity contribution in [2.24, 2.45) is 12.0 Å². The Kier molecular flexibility index (Phi) is 5.40. The maximum Gasteiger partial charge on any atom is 0.191 e. The Hall–Kier alpha value is -1.56. The average Bonchev–Trinajstić information content (AvgIpc) is 3.02. The molecule has 1 saturated heterocycles. The highest BCUT2D eigenvalue weighted by molar-refractivity contribution is 5.79. The summed E-state index contributed by atoms with van der Waals surface area (Å²) in [4.78, 5) is 7.03. The number of aryl methyl sites for hydroxylation is 1. The van der Waals surface area contributed by atoms with E-state index in [0.717, 1.165) is 24.7 Å². The first kappa shape index (κ1) is 14.8. The zero-order valence-corrected chi connectivity index (χ0v) is 12.8. The van der Waals surface area contributed by atoms with Gasteiger partial charge in [0, 0.05) is 32.4 Å². The lowest BCUT2D eigenvalue weighted by molar-refractivity contribution is 0.309. The summed E-state index contributed by atoms with van der Waals surface area (Å²) in [6.07, 6.45) is 4.37. The summed E-state index contributed by atoms with van der Waals surface area (Å²) in [6, 6.07) is 2.62. The van der Waals surface area contributed by atoms with Crippen LogP contribution in [0, 0.1) is 0 Å². The Labute approximate surface area is 121 Å². The molecule has 1 unspecified atom stereocenters. The zero-order chi connectivity index (χ0) is 14.4. The highest BCUT2D eigenvalue weighted by atomic mass is 15.3. The van der Waals surface area contributed by atoms with E-state index < -0.39 is 0 Å². The number of rotatable bonds is 5. The van der Waals surface area contributed by atoms with Crippen LogP contribution in [0.25, 0.3) is 0 Å². The van der Waals surface area contributed by atoms with Crippen molar-refractivity contribution in [3.63, 3.8) is 0 Å². The minimum atomic E-state index is 0.621. The van der Waals surface area contributed by atoms with E-state index in [1.807, 2.05) is 17.8 Å². The molecular formula is C14H26N6. The third-order valence-electron chi connectivity index (χ3n) is 3.84. The number of hydrogen-bond acceptors (Lipinski definition) is 3. The molecule has 2 rings (SSSR count). The maximum absolute atomic E-state index is 4.62. The monoisotopic (exact) mass is 278 g/mol. The van der Waals surface area contributed by atoms with Gasteiger partial charge in [0.15, 0.2) is 5.96 Å². The van der Waals surface area contributed by atoms with Gasteiger partial charge in [-0.25, -0.2) is 4.99 Å². The van der Waals surface area contributed by atoms with Gasteiger partial charge in [-0.05, 0) is 39.4 Å². The third-order valence-corrected chi connectivity index (χ3v) is 3.84. The van der Waals surface area contributed by atoms with Gasteiger partial charge in [-0.2, -0.15) is 5.10 Å². The largest absolute Gasteiger partial charge is 0.357 e. The topological polar surface area (TPSA) is 57.5 Å². The molecule has 1 aromatic rings. The Morgan fingerprint density at radius 3 is 2.90 bits per heavy atom. The number of aliphatic imine (C=N–C) groups is 1. The molecule has 2 heterocycles. The highest BCUT2D eigenvalue weighted by Gasteiger charge is 2.20. The van der Waals surface area contributed by atoms with Crippen LogP contribution >= 0.6 is 0 Å². The van der Waals surface area contributed by atoms with E-state index >= 15 is 0 Å². The molecule has 0 spiro atoms. The Balaban J connectivity index is 1.87. The van der Waals surface area contributed by atoms with Gasteiger partial charge in [0.25, 0.3) is 0 Å². The minimum Gasteiger partial charge on any atom is -0.357 e. The van der Waals surface area contributed by atoms with Crippen molar-refractivity contribution < 1.29 is 0 Å². The van der Waals surface area contributed by atoms with E-state index in [1.54, 1.807) is 6.20 Å². The average molecular weight is 278 g/mol. The number of hydrogen-bond donors (Lipinski definition) is 2. The fraction of sp³-hybridized carbons (Fsp3) is 0.714. The smallest absolute Gasteiger partial charge is 0.191 e. The summed E-state index contributed by atoms with van der Waals surface area (Å²) >= 11 is 0. The molecule has 20 heavy (non-hydrogen) atoms. The fourth-order valence-corrected chi connectivity index (χ4v) is 2.51. The lowest BCUT2D eigenvalue weighted by atomic mass is 10.2. The number of nitrogens with zero attached hydrogens (tertiary/aromatic N) is 4. The van der Waals surface area contributed by atoms with Crippen LogP contribution < -0.4 is 10.6 Å². The predicted octanol–water partition coefficient (Wildman–Crippen LogP) is 0.569. The van der Waals surface area contributed by atoms with E-state index in [1.165, 1.54) is 19.4 Å². The first-order chi connectivity index (χ1) is 9.70. The normalized spacial score (nSPS) is 20.4. The van der Waals surface area contributed by atoms with Gasteiger partial charge in [0.05, 0.1) is 12.2 Å². The van der Waals surface area contributed by atoms with Gasteiger partial charge in [0.2, 0.25) is 0 Å². The standard InChI is InChI=1S/C14H26N6/c1-4-15-14(16-10-12-6-5-9-19(12)2)17-11-13-7-8-18-20(13)3/h7-8,12H,4-6,9-11H2,1-3H3,(H2,15,16,17). The summed E-state index contributed by atoms with van der Waals surface area (Å²) < 4.78 is 1.86. The molecule has 1 aliphatic heterocycles. The van der Waals surface area contributed by atoms with Gasteiger partial charge in [-0.1, -0.05) is 0 Å². The van der Waals surface area contributed by atoms with Gasteiger partial charge in [-0.3, -0.25) is 4.68 Å². The summed E-state index contributed by atoms with van der Waals surface area (Å²) in [5.74, 6) is 0.883. The van der Waals surface area contributed by atoms with Crippen LogP contribution in [0.15, 0.2) is 17.3 Å². The number of likely N-dealkylation sites (N-methyl/N-ethyl adjacent to an activating group) is 1. The van der Waals surface area contributed by atoms with Gasteiger partial charge in [0.1, 0.15) is 0 Å². The van der Waals surface area contributed by atoms with Crippen LogP contribution in [0.4, 0.5) is 0 Å². The van der Waals surface area contributed by atoms with Crippen molar-refractivity contribution in [2.75, 3.05) is 26.7 Å². The first-order valence-electron chi connectivity index (χ1n) is 7.40. The van der Waals surface area contributed by atoms with E-state index in [2.05, 4.69) is 39.6 Å². The molecule has 0 aromatic carbocycles. The molecule has 0 aliphatic carbocycles. The van der Waals surface area contributed by atoms with Crippen LogP contribution in [0.1, 0.15) is 25.5 Å². The van der Waals surface area contributed by atoms with Crippen molar-refractivity contribution in [2.45, 2.75) is 32.4 Å². The molecule has 1 aliphatic rings. The molecule has 6 heteroatoms. The quantitative estimate of drug-likeness (QED) is 0.611. The molecule has 1 aromatic heterocycles. The molecule has 1 fully saturated rings. The zero-order valence-electron chi connectivity index (χ0n) is 12.8. The second-order valence-corrected chi connectivity index (χ2v) is 5.30. The Morgan fingerprint density at radius 1 is 1.45 bits per heavy atom. The van der Waals surface area contributed by atoms with Crippen molar-refractivity contribution in [3.8, 4) is 0 Å². The number of nitrogens with one attached hydrogen (secondary N) is 2. The Bertz CT molecular complexity index is 439. The second kappa shape index (κ2) is 7.28. The maximum atomic E-state index is 4.62. The van der Waals surface area contributed by atoms with Gasteiger partial charge >= 0.3 is 0 Å². The molecule has 0 radical (unpaired) electrons. The van der Waals surface area contributed by atoms with Crippen molar-refractivity contribution in [3.05, 3.63) is 18.0 Å². The molecule has 2 N–H and O–H groups in total. The molecule has 1 atom stereocenters. The van der Waals surface area contributed by atoms with Gasteiger partial charge in [-0.15, -0.1) is 0 Å². The molecular weight excluding hydrogens is 252 g/mol.